The van der Waals surface area contributed by atoms with Crippen molar-refractivity contribution in [1.82, 2.24) is 9.80 Å². The molecule has 0 aromatic carbocycles. The highest BCUT2D eigenvalue weighted by Crippen LogP contribution is 2.10. The van der Waals surface area contributed by atoms with E-state index < -0.39 is 5.60 Å². The van der Waals surface area contributed by atoms with E-state index in [-0.39, 0.29) is 5.92 Å². The number of carbonyl (C=O) groups is 1. The molecule has 18 heavy (non-hydrogen) atoms. The van der Waals surface area contributed by atoms with E-state index in [0.717, 1.165) is 32.6 Å². The van der Waals surface area contributed by atoms with Crippen LogP contribution in [0.3, 0.4) is 0 Å². The minimum absolute atomic E-state index is 0.180. The van der Waals surface area contributed by atoms with Gasteiger partial charge in [0.05, 0.1) is 12.1 Å². The molecule has 1 heterocycles. The van der Waals surface area contributed by atoms with Crippen molar-refractivity contribution in [1.29, 1.82) is 0 Å². The van der Waals surface area contributed by atoms with E-state index in [4.69, 9.17) is 0 Å². The van der Waals surface area contributed by atoms with Crippen LogP contribution < -0.4 is 0 Å². The summed E-state index contributed by atoms with van der Waals surface area (Å²) in [5.41, 5.74) is -0.630. The van der Waals surface area contributed by atoms with Crippen LogP contribution in [0, 0.1) is 5.92 Å². The second-order valence-electron chi connectivity index (χ2n) is 6.14. The number of Topliss-reactive ketones (excluding diaryl/α,β-unsaturated/α-hetero) is 1. The number of ketones is 1. The molecule has 1 rings (SSSR count). The first kappa shape index (κ1) is 15.6. The third-order valence-corrected chi connectivity index (χ3v) is 3.62. The van der Waals surface area contributed by atoms with Gasteiger partial charge in [-0.3, -0.25) is 14.6 Å². The van der Waals surface area contributed by atoms with Gasteiger partial charge in [-0.15, -0.1) is 0 Å². The van der Waals surface area contributed by atoms with Crippen LogP contribution in [0.1, 0.15) is 34.1 Å². The summed E-state index contributed by atoms with van der Waals surface area (Å²) >= 11 is 0. The summed E-state index contributed by atoms with van der Waals surface area (Å²) in [5, 5.41) is 9.78. The highest BCUT2D eigenvalue weighted by atomic mass is 16.3. The highest BCUT2D eigenvalue weighted by molar-refractivity contribution is 5.82. The molecule has 0 radical (unpaired) electrons. The average Bonchev–Trinajstić information content (AvgIpc) is 2.28. The van der Waals surface area contributed by atoms with Gasteiger partial charge in [0.25, 0.3) is 0 Å². The van der Waals surface area contributed by atoms with Crippen molar-refractivity contribution < 1.29 is 9.90 Å². The van der Waals surface area contributed by atoms with Crippen LogP contribution in [0.4, 0.5) is 0 Å². The van der Waals surface area contributed by atoms with Gasteiger partial charge in [0.15, 0.2) is 0 Å². The molecule has 0 amide bonds. The van der Waals surface area contributed by atoms with Crippen LogP contribution in [-0.4, -0.2) is 65.6 Å². The van der Waals surface area contributed by atoms with Crippen molar-refractivity contribution in [3.05, 3.63) is 0 Å². The maximum absolute atomic E-state index is 11.9. The third-order valence-electron chi connectivity index (χ3n) is 3.62. The molecule has 1 saturated heterocycles. The SMILES string of the molecule is CCC(C)C(=O)CN1CCN(CC(C)(C)O)CC1. The van der Waals surface area contributed by atoms with Crippen LogP contribution in [0.5, 0.6) is 0 Å². The molecular weight excluding hydrogens is 228 g/mol. The fourth-order valence-corrected chi connectivity index (χ4v) is 2.26. The van der Waals surface area contributed by atoms with Crippen LogP contribution >= 0.6 is 0 Å². The Kier molecular flexibility index (Phi) is 5.76. The number of carbonyl (C=O) groups excluding carboxylic acids is 1. The van der Waals surface area contributed by atoms with Crippen LogP contribution in [0.2, 0.25) is 0 Å². The highest BCUT2D eigenvalue weighted by Gasteiger charge is 2.24. The molecule has 0 saturated carbocycles. The first-order valence-corrected chi connectivity index (χ1v) is 7.01. The third kappa shape index (κ3) is 5.46. The smallest absolute Gasteiger partial charge is 0.149 e. The van der Waals surface area contributed by atoms with Gasteiger partial charge in [0, 0.05) is 38.6 Å². The Balaban J connectivity index is 2.29. The second kappa shape index (κ2) is 6.64. The Labute approximate surface area is 111 Å². The van der Waals surface area contributed by atoms with Crippen molar-refractivity contribution in [3.8, 4) is 0 Å². The molecule has 1 atom stereocenters. The van der Waals surface area contributed by atoms with Gasteiger partial charge < -0.3 is 5.11 Å². The second-order valence-corrected chi connectivity index (χ2v) is 6.14. The Bertz CT molecular complexity index is 265. The number of aliphatic hydroxyl groups is 1. The molecule has 0 bridgehead atoms. The molecule has 1 aliphatic rings. The summed E-state index contributed by atoms with van der Waals surface area (Å²) in [4.78, 5) is 16.4. The van der Waals surface area contributed by atoms with Gasteiger partial charge in [-0.1, -0.05) is 13.8 Å². The number of rotatable bonds is 6. The summed E-state index contributed by atoms with van der Waals surface area (Å²) in [7, 11) is 0. The van der Waals surface area contributed by atoms with E-state index in [1.807, 2.05) is 20.8 Å². The summed E-state index contributed by atoms with van der Waals surface area (Å²) in [5.74, 6) is 0.535. The standard InChI is InChI=1S/C14H28N2O2/c1-5-12(2)13(17)10-15-6-8-16(9-7-15)11-14(3,4)18/h12,18H,5-11H2,1-4H3. The Morgan fingerprint density at radius 3 is 2.17 bits per heavy atom. The fourth-order valence-electron chi connectivity index (χ4n) is 2.26. The zero-order chi connectivity index (χ0) is 13.8. The monoisotopic (exact) mass is 256 g/mol. The van der Waals surface area contributed by atoms with Gasteiger partial charge >= 0.3 is 0 Å². The molecule has 0 spiro atoms. The molecule has 1 aliphatic heterocycles. The number of hydrogen-bond acceptors (Lipinski definition) is 4. The quantitative estimate of drug-likeness (QED) is 0.770. The van der Waals surface area contributed by atoms with E-state index in [0.29, 0.717) is 18.9 Å². The van der Waals surface area contributed by atoms with E-state index in [9.17, 15) is 9.90 Å². The van der Waals surface area contributed by atoms with E-state index in [1.54, 1.807) is 0 Å². The topological polar surface area (TPSA) is 43.8 Å². The molecule has 1 unspecified atom stereocenters. The molecule has 1 N–H and O–H groups in total. The summed E-state index contributed by atoms with van der Waals surface area (Å²) in [6.45, 7) is 12.8. The lowest BCUT2D eigenvalue weighted by Gasteiger charge is -2.37. The van der Waals surface area contributed by atoms with Crippen molar-refractivity contribution in [2.24, 2.45) is 5.92 Å². The predicted molar refractivity (Wildman–Crippen MR) is 73.6 cm³/mol. The molecule has 0 aliphatic carbocycles. The average molecular weight is 256 g/mol. The predicted octanol–water partition coefficient (Wildman–Crippen LogP) is 0.990. The largest absolute Gasteiger partial charge is 0.389 e. The number of nitrogens with zero attached hydrogens (tertiary/aromatic N) is 2. The van der Waals surface area contributed by atoms with Crippen molar-refractivity contribution >= 4 is 5.78 Å². The Hall–Kier alpha value is -0.450. The number of hydrogen-bond donors (Lipinski definition) is 1. The lowest BCUT2D eigenvalue weighted by Crippen LogP contribution is -2.51. The van der Waals surface area contributed by atoms with Crippen molar-refractivity contribution in [2.75, 3.05) is 39.3 Å². The minimum Gasteiger partial charge on any atom is -0.389 e. The van der Waals surface area contributed by atoms with Crippen LogP contribution in [0.15, 0.2) is 0 Å². The first-order valence-electron chi connectivity index (χ1n) is 7.01. The van der Waals surface area contributed by atoms with Gasteiger partial charge in [-0.2, -0.15) is 0 Å². The maximum atomic E-state index is 11.9. The lowest BCUT2D eigenvalue weighted by atomic mass is 10.0. The summed E-state index contributed by atoms with van der Waals surface area (Å²) in [6, 6.07) is 0. The van der Waals surface area contributed by atoms with Gasteiger partial charge in [-0.25, -0.2) is 0 Å². The fraction of sp³-hybridized carbons (Fsp3) is 0.929. The van der Waals surface area contributed by atoms with Crippen molar-refractivity contribution in [3.63, 3.8) is 0 Å². The van der Waals surface area contributed by atoms with E-state index >= 15 is 0 Å². The van der Waals surface area contributed by atoms with E-state index in [2.05, 4.69) is 16.7 Å². The van der Waals surface area contributed by atoms with Crippen LogP contribution in [0.25, 0.3) is 0 Å². The van der Waals surface area contributed by atoms with Gasteiger partial charge in [-0.05, 0) is 20.3 Å². The zero-order valence-electron chi connectivity index (χ0n) is 12.3. The van der Waals surface area contributed by atoms with Gasteiger partial charge in [0.1, 0.15) is 5.78 Å². The van der Waals surface area contributed by atoms with E-state index in [1.165, 1.54) is 0 Å². The molecule has 4 heteroatoms. The molecule has 106 valence electrons. The molecule has 0 aromatic heterocycles. The van der Waals surface area contributed by atoms with Crippen LogP contribution in [-0.2, 0) is 4.79 Å². The lowest BCUT2D eigenvalue weighted by molar-refractivity contribution is -0.124. The molecule has 0 aromatic rings. The number of piperazine rings is 1. The first-order chi connectivity index (χ1) is 8.31. The molecule has 1 fully saturated rings. The normalized spacial score (nSPS) is 20.9. The van der Waals surface area contributed by atoms with Gasteiger partial charge in [0.2, 0.25) is 0 Å². The molecule has 4 nitrogen and oxygen atoms in total. The minimum atomic E-state index is -0.630. The Morgan fingerprint density at radius 2 is 1.72 bits per heavy atom. The zero-order valence-corrected chi connectivity index (χ0v) is 12.3. The number of β-amino-alcohol motifs (C(OH)–C–C–N with tert-alkyl or cyclic N) is 1. The molecular formula is C14H28N2O2. The summed E-state index contributed by atoms with van der Waals surface area (Å²) < 4.78 is 0. The maximum Gasteiger partial charge on any atom is 0.149 e. The van der Waals surface area contributed by atoms with Crippen molar-refractivity contribution in [2.45, 2.75) is 39.7 Å². The Morgan fingerprint density at radius 1 is 1.22 bits per heavy atom. The summed E-state index contributed by atoms with van der Waals surface area (Å²) in [6.07, 6.45) is 0.928.